The van der Waals surface area contributed by atoms with Crippen molar-refractivity contribution in [2.45, 2.75) is 6.54 Å². The average Bonchev–Trinajstić information content (AvgIpc) is 2.79. The van der Waals surface area contributed by atoms with Crippen molar-refractivity contribution in [1.29, 1.82) is 0 Å². The van der Waals surface area contributed by atoms with E-state index in [-0.39, 0.29) is 23.1 Å². The zero-order valence-corrected chi connectivity index (χ0v) is 16.8. The lowest BCUT2D eigenvalue weighted by molar-refractivity contribution is 0.0946. The second-order valence-electron chi connectivity index (χ2n) is 6.86. The van der Waals surface area contributed by atoms with Gasteiger partial charge in [-0.2, -0.15) is 0 Å². The second kappa shape index (κ2) is 8.46. The third-order valence-electron chi connectivity index (χ3n) is 4.92. The molecule has 9 heteroatoms. The number of amides is 1. The number of hydrogen-bond acceptors (Lipinski definition) is 5. The van der Waals surface area contributed by atoms with E-state index in [2.05, 4.69) is 10.3 Å². The van der Waals surface area contributed by atoms with Gasteiger partial charge in [0.2, 0.25) is 0 Å². The number of halogens is 2. The van der Waals surface area contributed by atoms with E-state index < -0.39 is 34.4 Å². The molecular formula is C23H17F2N3O4. The Labute approximate surface area is 180 Å². The van der Waals surface area contributed by atoms with Crippen LogP contribution < -0.4 is 15.6 Å². The number of nitrogens with zero attached hydrogens (tertiary/aromatic N) is 2. The zero-order valence-electron chi connectivity index (χ0n) is 16.8. The van der Waals surface area contributed by atoms with Crippen LogP contribution in [0.4, 0.5) is 8.78 Å². The van der Waals surface area contributed by atoms with E-state index in [4.69, 9.17) is 4.74 Å². The Bertz CT molecular complexity index is 1380. The number of fused-ring (bicyclic) bond motifs is 1. The molecule has 2 aromatic heterocycles. The summed E-state index contributed by atoms with van der Waals surface area (Å²) < 4.78 is 33.3. The minimum absolute atomic E-state index is 0.0252. The Kier molecular flexibility index (Phi) is 5.55. The van der Waals surface area contributed by atoms with E-state index in [0.29, 0.717) is 17.5 Å². The summed E-state index contributed by atoms with van der Waals surface area (Å²) in [7, 11) is 1.51. The van der Waals surface area contributed by atoms with E-state index in [1.165, 1.54) is 30.0 Å². The van der Waals surface area contributed by atoms with Crippen molar-refractivity contribution in [3.8, 4) is 17.2 Å². The lowest BCUT2D eigenvalue weighted by atomic mass is 10.1. The first-order chi connectivity index (χ1) is 15.4. The summed E-state index contributed by atoms with van der Waals surface area (Å²) in [6.07, 6.45) is 1.46. The highest BCUT2D eigenvalue weighted by atomic mass is 19.1. The molecule has 32 heavy (non-hydrogen) atoms. The molecular weight excluding hydrogens is 420 g/mol. The summed E-state index contributed by atoms with van der Waals surface area (Å²) in [4.78, 5) is 30.3. The minimum atomic E-state index is -0.913. The molecule has 0 aliphatic carbocycles. The predicted molar refractivity (Wildman–Crippen MR) is 113 cm³/mol. The molecule has 2 aromatic carbocycles. The van der Waals surface area contributed by atoms with Crippen molar-refractivity contribution in [3.63, 3.8) is 0 Å². The van der Waals surface area contributed by atoms with Crippen molar-refractivity contribution in [1.82, 2.24) is 14.9 Å². The normalized spacial score (nSPS) is 10.8. The Hall–Kier alpha value is -4.27. The van der Waals surface area contributed by atoms with Crippen LogP contribution >= 0.6 is 0 Å². The first-order valence-corrected chi connectivity index (χ1v) is 9.50. The summed E-state index contributed by atoms with van der Waals surface area (Å²) in [5.74, 6) is -2.48. The molecule has 0 aliphatic rings. The number of rotatable bonds is 5. The summed E-state index contributed by atoms with van der Waals surface area (Å²) >= 11 is 0. The number of methoxy groups -OCH3 is 1. The summed E-state index contributed by atoms with van der Waals surface area (Å²) in [5, 5.41) is 13.3. The van der Waals surface area contributed by atoms with E-state index >= 15 is 0 Å². The lowest BCUT2D eigenvalue weighted by Gasteiger charge is -2.14. The van der Waals surface area contributed by atoms with E-state index in [1.54, 1.807) is 30.3 Å². The molecule has 4 aromatic rings. The first kappa shape index (κ1) is 21.0. The van der Waals surface area contributed by atoms with Gasteiger partial charge in [-0.05, 0) is 42.5 Å². The van der Waals surface area contributed by atoms with Crippen molar-refractivity contribution < 1.29 is 23.4 Å². The van der Waals surface area contributed by atoms with Crippen molar-refractivity contribution in [3.05, 3.63) is 93.9 Å². The van der Waals surface area contributed by atoms with Gasteiger partial charge in [0.25, 0.3) is 11.5 Å². The molecule has 0 saturated carbocycles. The van der Waals surface area contributed by atoms with Crippen molar-refractivity contribution in [2.24, 2.45) is 0 Å². The van der Waals surface area contributed by atoms with E-state index in [0.717, 1.165) is 6.07 Å². The first-order valence-electron chi connectivity index (χ1n) is 9.50. The fraction of sp³-hybridized carbons (Fsp3) is 0.0870. The Morgan fingerprint density at radius 3 is 2.59 bits per heavy atom. The number of aromatic hydroxyl groups is 1. The topological polar surface area (TPSA) is 93.5 Å². The molecule has 162 valence electrons. The van der Waals surface area contributed by atoms with Gasteiger partial charge in [-0.15, -0.1) is 0 Å². The molecule has 0 unspecified atom stereocenters. The molecule has 0 spiro atoms. The third kappa shape index (κ3) is 3.76. The van der Waals surface area contributed by atoms with Crippen LogP contribution in [0.3, 0.4) is 0 Å². The SMILES string of the molecule is COc1ccc(-n2c(=O)c(C(=O)NCc3ccc(F)cc3F)c(O)c3cccnc32)cc1. The zero-order chi connectivity index (χ0) is 22.8. The van der Waals surface area contributed by atoms with Crippen LogP contribution in [0.15, 0.2) is 65.6 Å². The molecule has 0 fully saturated rings. The van der Waals surface area contributed by atoms with Crippen LogP contribution in [0.2, 0.25) is 0 Å². The molecule has 0 radical (unpaired) electrons. The number of hydrogen-bond donors (Lipinski definition) is 2. The van der Waals surface area contributed by atoms with Crippen LogP contribution in [0.1, 0.15) is 15.9 Å². The largest absolute Gasteiger partial charge is 0.506 e. The highest BCUT2D eigenvalue weighted by Crippen LogP contribution is 2.27. The smallest absolute Gasteiger partial charge is 0.273 e. The number of ether oxygens (including phenoxy) is 1. The molecule has 0 atom stereocenters. The molecule has 4 rings (SSSR count). The molecule has 0 bridgehead atoms. The molecule has 0 aliphatic heterocycles. The maximum Gasteiger partial charge on any atom is 0.273 e. The molecule has 1 amide bonds. The van der Waals surface area contributed by atoms with Crippen molar-refractivity contribution >= 4 is 16.9 Å². The number of aromatic nitrogens is 2. The number of carbonyl (C=O) groups excluding carboxylic acids is 1. The second-order valence-corrected chi connectivity index (χ2v) is 6.86. The van der Waals surface area contributed by atoms with Gasteiger partial charge in [-0.1, -0.05) is 6.07 Å². The maximum absolute atomic E-state index is 13.9. The monoisotopic (exact) mass is 437 g/mol. The molecule has 0 saturated heterocycles. The fourth-order valence-corrected chi connectivity index (χ4v) is 3.31. The van der Waals surface area contributed by atoms with Gasteiger partial charge in [0.05, 0.1) is 18.2 Å². The number of benzene rings is 2. The van der Waals surface area contributed by atoms with Crippen LogP contribution in [0, 0.1) is 11.6 Å². The van der Waals surface area contributed by atoms with Crippen LogP contribution in [-0.4, -0.2) is 27.7 Å². The summed E-state index contributed by atoms with van der Waals surface area (Å²) in [6.45, 7) is -0.308. The lowest BCUT2D eigenvalue weighted by Crippen LogP contribution is -2.33. The molecule has 2 heterocycles. The predicted octanol–water partition coefficient (Wildman–Crippen LogP) is 3.31. The van der Waals surface area contributed by atoms with E-state index in [9.17, 15) is 23.5 Å². The minimum Gasteiger partial charge on any atom is -0.506 e. The van der Waals surface area contributed by atoms with Gasteiger partial charge in [-0.25, -0.2) is 13.8 Å². The van der Waals surface area contributed by atoms with Crippen LogP contribution in [-0.2, 0) is 6.54 Å². The van der Waals surface area contributed by atoms with E-state index in [1.807, 2.05) is 0 Å². The van der Waals surface area contributed by atoms with Gasteiger partial charge < -0.3 is 15.2 Å². The van der Waals surface area contributed by atoms with Gasteiger partial charge >= 0.3 is 0 Å². The fourth-order valence-electron chi connectivity index (χ4n) is 3.31. The van der Waals surface area contributed by atoms with Gasteiger partial charge in [0.1, 0.15) is 28.7 Å². The van der Waals surface area contributed by atoms with Crippen molar-refractivity contribution in [2.75, 3.05) is 7.11 Å². The Morgan fingerprint density at radius 2 is 1.91 bits per heavy atom. The number of nitrogens with one attached hydrogen (secondary N) is 1. The molecule has 7 nitrogen and oxygen atoms in total. The maximum atomic E-state index is 13.9. The van der Waals surface area contributed by atoms with Gasteiger partial charge in [0, 0.05) is 24.4 Å². The Balaban J connectivity index is 1.80. The number of carbonyl (C=O) groups is 1. The summed E-state index contributed by atoms with van der Waals surface area (Å²) in [6, 6.07) is 12.5. The van der Waals surface area contributed by atoms with Crippen LogP contribution in [0.5, 0.6) is 11.5 Å². The number of pyridine rings is 2. The average molecular weight is 437 g/mol. The highest BCUT2D eigenvalue weighted by Gasteiger charge is 2.23. The highest BCUT2D eigenvalue weighted by molar-refractivity contribution is 6.02. The summed E-state index contributed by atoms with van der Waals surface area (Å²) in [5.41, 5.74) is -0.753. The van der Waals surface area contributed by atoms with Gasteiger partial charge in [-0.3, -0.25) is 14.2 Å². The third-order valence-corrected chi connectivity index (χ3v) is 4.92. The standard InChI is InChI=1S/C23H17F2N3O4/c1-32-16-8-6-15(7-9-16)28-21-17(3-2-10-26-21)20(29)19(23(28)31)22(30)27-12-13-4-5-14(24)11-18(13)25/h2-11,29H,12H2,1H3,(H,27,30). The molecule has 2 N–H and O–H groups in total. The quantitative estimate of drug-likeness (QED) is 0.500. The Morgan fingerprint density at radius 1 is 1.16 bits per heavy atom. The van der Waals surface area contributed by atoms with Crippen LogP contribution in [0.25, 0.3) is 16.7 Å². The van der Waals surface area contributed by atoms with Gasteiger partial charge in [0.15, 0.2) is 5.65 Å².